The zero-order valence-electron chi connectivity index (χ0n) is 14.1. The van der Waals surface area contributed by atoms with Gasteiger partial charge < -0.3 is 5.73 Å². The van der Waals surface area contributed by atoms with Gasteiger partial charge in [0.25, 0.3) is 0 Å². The molecule has 0 radical (unpaired) electrons. The SMILES string of the molecule is Cc1cc(C#N)c(N)cc1C(F)(F)F.Cc1cc(C#N)ccc1C(F)(F)F. The maximum atomic E-state index is 12.3. The Labute approximate surface area is 151 Å². The van der Waals surface area contributed by atoms with Crippen molar-refractivity contribution in [3.05, 3.63) is 63.7 Å². The summed E-state index contributed by atoms with van der Waals surface area (Å²) in [4.78, 5) is 0. The monoisotopic (exact) mass is 385 g/mol. The molecule has 27 heavy (non-hydrogen) atoms. The average molecular weight is 385 g/mol. The number of alkyl halides is 6. The largest absolute Gasteiger partial charge is 0.416 e. The first kappa shape index (κ1) is 21.8. The number of nitrogen functional groups attached to an aromatic ring is 1. The molecule has 2 aromatic rings. The Bertz CT molecular complexity index is 915. The van der Waals surface area contributed by atoms with Gasteiger partial charge in [-0.25, -0.2) is 0 Å². The molecule has 0 heterocycles. The minimum atomic E-state index is -4.42. The first-order valence-corrected chi connectivity index (χ1v) is 7.26. The van der Waals surface area contributed by atoms with E-state index in [1.54, 1.807) is 12.1 Å². The summed E-state index contributed by atoms with van der Waals surface area (Å²) in [5.74, 6) is 0. The molecule has 0 saturated heterocycles. The van der Waals surface area contributed by atoms with Gasteiger partial charge in [-0.2, -0.15) is 36.9 Å². The summed E-state index contributed by atoms with van der Waals surface area (Å²) >= 11 is 0. The van der Waals surface area contributed by atoms with Crippen molar-refractivity contribution in [2.24, 2.45) is 0 Å². The van der Waals surface area contributed by atoms with Crippen LogP contribution in [0.1, 0.15) is 33.4 Å². The van der Waals surface area contributed by atoms with Crippen LogP contribution in [0.25, 0.3) is 0 Å². The molecule has 0 aliphatic rings. The number of anilines is 1. The van der Waals surface area contributed by atoms with Crippen molar-refractivity contribution < 1.29 is 26.3 Å². The molecule has 2 rings (SSSR count). The highest BCUT2D eigenvalue weighted by Gasteiger charge is 2.33. The molecule has 0 bridgehead atoms. The van der Waals surface area contributed by atoms with Crippen molar-refractivity contribution in [3.8, 4) is 12.1 Å². The topological polar surface area (TPSA) is 73.6 Å². The van der Waals surface area contributed by atoms with Crippen LogP contribution in [0, 0.1) is 36.5 Å². The standard InChI is InChI=1S/C9H7F3N2.C9H6F3N/c1-5-2-6(4-13)8(14)3-7(5)9(10,11)12;1-6-4-7(5-13)2-3-8(6)9(10,11)12/h2-3H,14H2,1H3;2-4H,1H3. The summed E-state index contributed by atoms with van der Waals surface area (Å²) in [6, 6.07) is 8.74. The summed E-state index contributed by atoms with van der Waals surface area (Å²) in [6.45, 7) is 2.63. The lowest BCUT2D eigenvalue weighted by atomic mass is 10.0. The van der Waals surface area contributed by atoms with Crippen LogP contribution >= 0.6 is 0 Å². The molecule has 0 saturated carbocycles. The van der Waals surface area contributed by atoms with Gasteiger partial charge in [-0.3, -0.25) is 0 Å². The van der Waals surface area contributed by atoms with Crippen LogP contribution < -0.4 is 5.73 Å². The molecule has 0 amide bonds. The molecule has 0 fully saturated rings. The van der Waals surface area contributed by atoms with Crippen LogP contribution in [-0.2, 0) is 12.4 Å². The van der Waals surface area contributed by atoms with Crippen LogP contribution in [0.2, 0.25) is 0 Å². The van der Waals surface area contributed by atoms with E-state index < -0.39 is 23.5 Å². The van der Waals surface area contributed by atoms with E-state index in [4.69, 9.17) is 16.3 Å². The fourth-order valence-corrected chi connectivity index (χ4v) is 2.18. The molecule has 0 aromatic heterocycles. The first-order chi connectivity index (χ1) is 12.3. The Morgan fingerprint density at radius 2 is 1.30 bits per heavy atom. The van der Waals surface area contributed by atoms with E-state index in [9.17, 15) is 26.3 Å². The third kappa shape index (κ3) is 5.65. The van der Waals surface area contributed by atoms with Crippen molar-refractivity contribution >= 4 is 5.69 Å². The van der Waals surface area contributed by atoms with Crippen LogP contribution in [0.5, 0.6) is 0 Å². The number of nitriles is 2. The normalized spacial score (nSPS) is 11.0. The molecule has 9 heteroatoms. The number of benzene rings is 2. The van der Waals surface area contributed by atoms with Gasteiger partial charge in [-0.15, -0.1) is 0 Å². The van der Waals surface area contributed by atoms with Crippen molar-refractivity contribution in [2.75, 3.05) is 5.73 Å². The Morgan fingerprint density at radius 3 is 1.70 bits per heavy atom. The Kier molecular flexibility index (Phi) is 6.47. The molecule has 0 atom stereocenters. The summed E-state index contributed by atoms with van der Waals surface area (Å²) in [7, 11) is 0. The maximum Gasteiger partial charge on any atom is 0.416 e. The number of halogens is 6. The van der Waals surface area contributed by atoms with Gasteiger partial charge in [-0.05, 0) is 55.3 Å². The molecule has 0 aliphatic carbocycles. The Hall–Kier alpha value is -3.20. The minimum Gasteiger partial charge on any atom is -0.398 e. The van der Waals surface area contributed by atoms with E-state index in [0.717, 1.165) is 24.3 Å². The average Bonchev–Trinajstić information content (AvgIpc) is 2.54. The minimum absolute atomic E-state index is 0.00301. The maximum absolute atomic E-state index is 12.3. The quantitative estimate of drug-likeness (QED) is 0.491. The fraction of sp³-hybridized carbons (Fsp3) is 0.222. The number of nitrogens with zero attached hydrogens (tertiary/aromatic N) is 2. The van der Waals surface area contributed by atoms with Crippen molar-refractivity contribution in [1.82, 2.24) is 0 Å². The second-order valence-electron chi connectivity index (χ2n) is 5.50. The molecule has 3 nitrogen and oxygen atoms in total. The lowest BCUT2D eigenvalue weighted by Crippen LogP contribution is -2.09. The van der Waals surface area contributed by atoms with E-state index >= 15 is 0 Å². The van der Waals surface area contributed by atoms with E-state index in [1.807, 2.05) is 0 Å². The van der Waals surface area contributed by atoms with E-state index in [0.29, 0.717) is 0 Å². The molecule has 2 aromatic carbocycles. The van der Waals surface area contributed by atoms with Gasteiger partial charge in [0.2, 0.25) is 0 Å². The molecule has 0 spiro atoms. The second kappa shape index (κ2) is 8.00. The van der Waals surface area contributed by atoms with E-state index in [1.165, 1.54) is 19.9 Å². The smallest absolute Gasteiger partial charge is 0.398 e. The first-order valence-electron chi connectivity index (χ1n) is 7.26. The van der Waals surface area contributed by atoms with Gasteiger partial charge in [0, 0.05) is 0 Å². The zero-order valence-corrected chi connectivity index (χ0v) is 14.1. The number of rotatable bonds is 0. The third-order valence-electron chi connectivity index (χ3n) is 3.48. The molecule has 0 unspecified atom stereocenters. The molecular formula is C18H13F6N3. The number of aryl methyl sites for hydroxylation is 2. The second-order valence-corrected chi connectivity index (χ2v) is 5.50. The summed E-state index contributed by atoms with van der Waals surface area (Å²) < 4.78 is 73.6. The number of nitrogens with two attached hydrogens (primary N) is 1. The van der Waals surface area contributed by atoms with Gasteiger partial charge in [0.1, 0.15) is 6.07 Å². The third-order valence-corrected chi connectivity index (χ3v) is 3.48. The van der Waals surface area contributed by atoms with Gasteiger partial charge >= 0.3 is 12.4 Å². The van der Waals surface area contributed by atoms with Crippen LogP contribution in [0.4, 0.5) is 32.0 Å². The fourth-order valence-electron chi connectivity index (χ4n) is 2.18. The van der Waals surface area contributed by atoms with Crippen molar-refractivity contribution in [3.63, 3.8) is 0 Å². The highest BCUT2D eigenvalue weighted by molar-refractivity contribution is 5.58. The molecule has 0 aliphatic heterocycles. The van der Waals surface area contributed by atoms with Gasteiger partial charge in [0.05, 0.1) is 34.0 Å². The van der Waals surface area contributed by atoms with E-state index in [-0.39, 0.29) is 27.9 Å². The van der Waals surface area contributed by atoms with Crippen molar-refractivity contribution in [2.45, 2.75) is 26.2 Å². The predicted molar refractivity (Wildman–Crippen MR) is 86.2 cm³/mol. The van der Waals surface area contributed by atoms with E-state index in [2.05, 4.69) is 0 Å². The Balaban J connectivity index is 0.000000271. The molecule has 2 N–H and O–H groups in total. The summed E-state index contributed by atoms with van der Waals surface area (Å²) in [5, 5.41) is 16.9. The summed E-state index contributed by atoms with van der Waals surface area (Å²) in [5.41, 5.74) is 4.03. The van der Waals surface area contributed by atoms with Gasteiger partial charge in [-0.1, -0.05) is 0 Å². The summed E-state index contributed by atoms with van der Waals surface area (Å²) in [6.07, 6.45) is -8.76. The van der Waals surface area contributed by atoms with Crippen molar-refractivity contribution in [1.29, 1.82) is 10.5 Å². The number of hydrogen-bond acceptors (Lipinski definition) is 3. The molecule has 142 valence electrons. The zero-order chi connectivity index (χ0) is 21.0. The van der Waals surface area contributed by atoms with Crippen LogP contribution in [0.3, 0.4) is 0 Å². The highest BCUT2D eigenvalue weighted by atomic mass is 19.4. The highest BCUT2D eigenvalue weighted by Crippen LogP contribution is 2.34. The van der Waals surface area contributed by atoms with Crippen LogP contribution in [0.15, 0.2) is 30.3 Å². The lowest BCUT2D eigenvalue weighted by Gasteiger charge is -2.11. The molecular weight excluding hydrogens is 372 g/mol. The number of hydrogen-bond donors (Lipinski definition) is 1. The predicted octanol–water partition coefficient (Wildman–Crippen LogP) is 5.35. The van der Waals surface area contributed by atoms with Crippen LogP contribution in [-0.4, -0.2) is 0 Å². The lowest BCUT2D eigenvalue weighted by molar-refractivity contribution is -0.138. The Morgan fingerprint density at radius 1 is 0.778 bits per heavy atom. The van der Waals surface area contributed by atoms with Gasteiger partial charge in [0.15, 0.2) is 0 Å².